The zero-order chi connectivity index (χ0) is 8.43. The van der Waals surface area contributed by atoms with Gasteiger partial charge in [0.1, 0.15) is 5.15 Å². The Hall–Kier alpha value is -0.780. The van der Waals surface area contributed by atoms with Crippen LogP contribution >= 0.6 is 23.2 Å². The lowest BCUT2D eigenvalue weighted by Crippen LogP contribution is -1.87. The monoisotopic (exact) mass is 189 g/mol. The van der Waals surface area contributed by atoms with E-state index < -0.39 is 5.82 Å². The molecule has 0 aromatic carbocycles. The van der Waals surface area contributed by atoms with E-state index in [2.05, 4.69) is 10.9 Å². The Balaban J connectivity index is 3.35. The summed E-state index contributed by atoms with van der Waals surface area (Å²) >= 11 is 10.8. The molecule has 1 heterocycles. The quantitative estimate of drug-likeness (QED) is 0.452. The molecule has 1 nitrogen and oxygen atoms in total. The lowest BCUT2D eigenvalue weighted by Gasteiger charge is -1.96. The summed E-state index contributed by atoms with van der Waals surface area (Å²) < 4.78 is 12.6. The molecule has 0 aliphatic heterocycles. The number of aromatic nitrogens is 1. The summed E-state index contributed by atoms with van der Waals surface area (Å²) in [5.41, 5.74) is 0.202. The second-order valence-corrected chi connectivity index (χ2v) is 2.46. The number of terminal acetylenes is 1. The topological polar surface area (TPSA) is 12.9 Å². The summed E-state index contributed by atoms with van der Waals surface area (Å²) in [5.74, 6) is 1.51. The van der Waals surface area contributed by atoms with Crippen molar-refractivity contribution in [3.05, 3.63) is 27.8 Å². The van der Waals surface area contributed by atoms with Gasteiger partial charge in [-0.25, -0.2) is 9.37 Å². The highest BCUT2D eigenvalue weighted by Gasteiger charge is 2.05. The summed E-state index contributed by atoms with van der Waals surface area (Å²) in [6.07, 6.45) is 4.99. The first-order valence-corrected chi connectivity index (χ1v) is 3.39. The maximum absolute atomic E-state index is 12.6. The van der Waals surface area contributed by atoms with E-state index in [-0.39, 0.29) is 15.9 Å². The van der Waals surface area contributed by atoms with Crippen molar-refractivity contribution in [1.29, 1.82) is 0 Å². The van der Waals surface area contributed by atoms with Crippen molar-refractivity contribution in [2.75, 3.05) is 0 Å². The second-order valence-electron chi connectivity index (χ2n) is 1.74. The Bertz CT molecular complexity index is 330. The zero-order valence-corrected chi connectivity index (χ0v) is 6.75. The summed E-state index contributed by atoms with van der Waals surface area (Å²) in [5, 5.41) is -0.229. The summed E-state index contributed by atoms with van der Waals surface area (Å²) in [7, 11) is 0. The number of halogens is 3. The highest BCUT2D eigenvalue weighted by Crippen LogP contribution is 2.18. The minimum atomic E-state index is -0.663. The van der Waals surface area contributed by atoms with Gasteiger partial charge in [-0.2, -0.15) is 0 Å². The van der Waals surface area contributed by atoms with Crippen molar-refractivity contribution in [2.24, 2.45) is 0 Å². The third kappa shape index (κ3) is 1.62. The average Bonchev–Trinajstić information content (AvgIpc) is 1.97. The predicted octanol–water partition coefficient (Wildman–Crippen LogP) is 2.51. The smallest absolute Gasteiger partial charge is 0.166 e. The van der Waals surface area contributed by atoms with Crippen molar-refractivity contribution in [3.63, 3.8) is 0 Å². The van der Waals surface area contributed by atoms with Gasteiger partial charge in [0.2, 0.25) is 0 Å². The number of hydrogen-bond donors (Lipinski definition) is 0. The second kappa shape index (κ2) is 3.08. The number of pyridine rings is 1. The first kappa shape index (κ1) is 8.32. The lowest BCUT2D eigenvalue weighted by molar-refractivity contribution is 0.621. The predicted molar refractivity (Wildman–Crippen MR) is 42.2 cm³/mol. The Morgan fingerprint density at radius 3 is 2.64 bits per heavy atom. The average molecular weight is 190 g/mol. The van der Waals surface area contributed by atoms with Gasteiger partial charge in [-0.15, -0.1) is 6.42 Å². The summed E-state index contributed by atoms with van der Waals surface area (Å²) in [6, 6.07) is 1.07. The summed E-state index contributed by atoms with van der Waals surface area (Å²) in [4.78, 5) is 3.46. The highest BCUT2D eigenvalue weighted by atomic mass is 35.5. The molecule has 11 heavy (non-hydrogen) atoms. The standard InChI is InChI=1S/C7H2Cl2FN/c1-2-4-3-5(10)7(9)11-6(4)8/h1,3H. The van der Waals surface area contributed by atoms with Gasteiger partial charge in [0.15, 0.2) is 11.0 Å². The van der Waals surface area contributed by atoms with E-state index in [1.807, 2.05) is 0 Å². The molecule has 0 unspecified atom stereocenters. The van der Waals surface area contributed by atoms with Gasteiger partial charge in [0.05, 0.1) is 5.56 Å². The highest BCUT2D eigenvalue weighted by molar-refractivity contribution is 6.33. The van der Waals surface area contributed by atoms with Crippen LogP contribution in [0.3, 0.4) is 0 Å². The van der Waals surface area contributed by atoms with E-state index in [0.717, 1.165) is 6.07 Å². The van der Waals surface area contributed by atoms with Gasteiger partial charge < -0.3 is 0 Å². The molecule has 0 saturated heterocycles. The Labute approximate surface area is 73.2 Å². The zero-order valence-electron chi connectivity index (χ0n) is 5.24. The van der Waals surface area contributed by atoms with E-state index in [9.17, 15) is 4.39 Å². The first-order chi connectivity index (χ1) is 5.15. The van der Waals surface area contributed by atoms with Gasteiger partial charge in [-0.05, 0) is 6.07 Å². The van der Waals surface area contributed by atoms with Crippen molar-refractivity contribution in [1.82, 2.24) is 4.98 Å². The normalized spacial score (nSPS) is 9.27. The minimum absolute atomic E-state index is 0.0406. The van der Waals surface area contributed by atoms with Crippen molar-refractivity contribution in [2.45, 2.75) is 0 Å². The van der Waals surface area contributed by atoms with Crippen LogP contribution in [-0.4, -0.2) is 4.98 Å². The van der Waals surface area contributed by atoms with Gasteiger partial charge in [-0.1, -0.05) is 29.1 Å². The van der Waals surface area contributed by atoms with Crippen LogP contribution in [0.4, 0.5) is 4.39 Å². The van der Waals surface area contributed by atoms with Crippen LogP contribution in [0.15, 0.2) is 6.07 Å². The molecule has 0 atom stereocenters. The van der Waals surface area contributed by atoms with Crippen LogP contribution in [0.5, 0.6) is 0 Å². The van der Waals surface area contributed by atoms with Crippen LogP contribution < -0.4 is 0 Å². The SMILES string of the molecule is C#Cc1cc(F)c(Cl)nc1Cl. The first-order valence-electron chi connectivity index (χ1n) is 2.63. The fraction of sp³-hybridized carbons (Fsp3) is 0. The molecule has 1 rings (SSSR count). The molecule has 0 saturated carbocycles. The fourth-order valence-electron chi connectivity index (χ4n) is 0.547. The molecule has 0 radical (unpaired) electrons. The van der Waals surface area contributed by atoms with Crippen LogP contribution in [0.25, 0.3) is 0 Å². The van der Waals surface area contributed by atoms with Gasteiger partial charge in [-0.3, -0.25) is 0 Å². The lowest BCUT2D eigenvalue weighted by atomic mass is 10.3. The molecule has 56 valence electrons. The maximum atomic E-state index is 12.6. The van der Waals surface area contributed by atoms with E-state index >= 15 is 0 Å². The van der Waals surface area contributed by atoms with Crippen molar-refractivity contribution >= 4 is 23.2 Å². The van der Waals surface area contributed by atoms with Gasteiger partial charge >= 0.3 is 0 Å². The summed E-state index contributed by atoms with van der Waals surface area (Å²) in [6.45, 7) is 0. The molecule has 0 fully saturated rings. The van der Waals surface area contributed by atoms with Crippen LogP contribution in [-0.2, 0) is 0 Å². The van der Waals surface area contributed by atoms with Crippen molar-refractivity contribution < 1.29 is 4.39 Å². The van der Waals surface area contributed by atoms with E-state index in [0.29, 0.717) is 0 Å². The molecule has 0 bridgehead atoms. The van der Waals surface area contributed by atoms with Crippen LogP contribution in [0.2, 0.25) is 10.3 Å². The third-order valence-corrected chi connectivity index (χ3v) is 1.60. The molecule has 4 heteroatoms. The van der Waals surface area contributed by atoms with Crippen molar-refractivity contribution in [3.8, 4) is 12.3 Å². The van der Waals surface area contributed by atoms with E-state index in [1.54, 1.807) is 0 Å². The molecule has 0 aliphatic carbocycles. The molecule has 1 aromatic heterocycles. The number of nitrogens with zero attached hydrogens (tertiary/aromatic N) is 1. The van der Waals surface area contributed by atoms with E-state index in [1.165, 1.54) is 0 Å². The van der Waals surface area contributed by atoms with E-state index in [4.69, 9.17) is 29.6 Å². The molecule has 0 N–H and O–H groups in total. The molecule has 0 amide bonds. The fourth-order valence-corrected chi connectivity index (χ4v) is 0.923. The number of rotatable bonds is 0. The maximum Gasteiger partial charge on any atom is 0.166 e. The van der Waals surface area contributed by atoms with Gasteiger partial charge in [0, 0.05) is 0 Å². The Kier molecular flexibility index (Phi) is 2.33. The van der Waals surface area contributed by atoms with Crippen LogP contribution in [0.1, 0.15) is 5.56 Å². The number of hydrogen-bond acceptors (Lipinski definition) is 1. The third-order valence-electron chi connectivity index (χ3n) is 1.04. The molecule has 0 aliphatic rings. The minimum Gasteiger partial charge on any atom is -0.220 e. The van der Waals surface area contributed by atoms with Crippen LogP contribution in [0, 0.1) is 18.2 Å². The Morgan fingerprint density at radius 1 is 1.45 bits per heavy atom. The molecule has 1 aromatic rings. The van der Waals surface area contributed by atoms with Gasteiger partial charge in [0.25, 0.3) is 0 Å². The molecule has 0 spiro atoms. The molecular formula is C7H2Cl2FN. The molecular weight excluding hydrogens is 188 g/mol. The largest absolute Gasteiger partial charge is 0.220 e. The Morgan fingerprint density at radius 2 is 2.09 bits per heavy atom.